The number of aliphatic hydroxyl groups is 1. The molecule has 0 radical (unpaired) electrons. The second kappa shape index (κ2) is 10.8. The number of carbonyl (C=O) groups excluding carboxylic acids is 1. The second-order valence-corrected chi connectivity index (χ2v) is 9.92. The van der Waals surface area contributed by atoms with E-state index >= 15 is 0 Å². The van der Waals surface area contributed by atoms with Gasteiger partial charge in [0.2, 0.25) is 0 Å². The Morgan fingerprint density at radius 2 is 1.79 bits per heavy atom. The summed E-state index contributed by atoms with van der Waals surface area (Å²) in [5, 5.41) is 17.1. The van der Waals surface area contributed by atoms with E-state index in [1.807, 2.05) is 73.1 Å². The smallest absolute Gasteiger partial charge is 0.254 e. The number of aromatic nitrogens is 2. The van der Waals surface area contributed by atoms with Gasteiger partial charge >= 0.3 is 0 Å². The van der Waals surface area contributed by atoms with Crippen LogP contribution in [0.15, 0.2) is 97.3 Å². The molecule has 0 fully saturated rings. The van der Waals surface area contributed by atoms with Crippen LogP contribution >= 0.6 is 0 Å². The van der Waals surface area contributed by atoms with Gasteiger partial charge in [-0.25, -0.2) is 9.37 Å². The van der Waals surface area contributed by atoms with Crippen LogP contribution in [0.3, 0.4) is 0 Å². The lowest BCUT2D eigenvalue weighted by atomic mass is 10.0. The summed E-state index contributed by atoms with van der Waals surface area (Å²) >= 11 is 0. The fourth-order valence-corrected chi connectivity index (χ4v) is 5.30. The minimum Gasteiger partial charge on any atom is -0.390 e. The number of hydrogen-bond donors (Lipinski definition) is 3. The molecule has 5 aromatic rings. The van der Waals surface area contributed by atoms with Crippen LogP contribution in [0.4, 0.5) is 4.39 Å². The first-order chi connectivity index (χ1) is 19.1. The predicted octanol–water partition coefficient (Wildman–Crippen LogP) is 5.02. The number of hydrogen-bond acceptors (Lipinski definition) is 4. The molecule has 1 amide bonds. The van der Waals surface area contributed by atoms with Crippen LogP contribution in [-0.4, -0.2) is 33.2 Å². The molecule has 1 aliphatic rings. The molecule has 39 heavy (non-hydrogen) atoms. The molecule has 6 rings (SSSR count). The third kappa shape index (κ3) is 5.19. The Morgan fingerprint density at radius 1 is 0.974 bits per heavy atom. The molecule has 4 aromatic carbocycles. The largest absolute Gasteiger partial charge is 0.390 e. The van der Waals surface area contributed by atoms with Crippen LogP contribution in [-0.2, 0) is 19.5 Å². The number of nitrogens with one attached hydrogen (secondary N) is 2. The van der Waals surface area contributed by atoms with Crippen LogP contribution in [0.5, 0.6) is 0 Å². The fraction of sp³-hybridized carbons (Fsp3) is 0.188. The Labute approximate surface area is 226 Å². The van der Waals surface area contributed by atoms with Gasteiger partial charge in [-0.15, -0.1) is 0 Å². The van der Waals surface area contributed by atoms with E-state index in [-0.39, 0.29) is 5.56 Å². The Kier molecular flexibility index (Phi) is 6.92. The SMILES string of the molecule is O=C(N[C@@H]1c2cc(CNCCn3cnc4ccccc43)ccc2C[C@H]1O)c1ccc(-c2ccccc2)cc1F. The molecule has 1 aromatic heterocycles. The van der Waals surface area contributed by atoms with Gasteiger partial charge in [-0.3, -0.25) is 4.79 Å². The van der Waals surface area contributed by atoms with Crippen molar-refractivity contribution in [2.75, 3.05) is 6.54 Å². The van der Waals surface area contributed by atoms with E-state index in [1.54, 1.807) is 6.07 Å². The molecule has 1 heterocycles. The van der Waals surface area contributed by atoms with E-state index in [9.17, 15) is 14.3 Å². The van der Waals surface area contributed by atoms with Gasteiger partial charge in [0, 0.05) is 26.1 Å². The van der Waals surface area contributed by atoms with Gasteiger partial charge in [0.25, 0.3) is 5.91 Å². The average molecular weight is 521 g/mol. The van der Waals surface area contributed by atoms with Gasteiger partial charge in [-0.1, -0.05) is 66.7 Å². The molecule has 0 spiro atoms. The molecule has 0 saturated heterocycles. The Morgan fingerprint density at radius 3 is 2.64 bits per heavy atom. The number of rotatable bonds is 8. The van der Waals surface area contributed by atoms with Crippen molar-refractivity contribution in [2.24, 2.45) is 0 Å². The van der Waals surface area contributed by atoms with Gasteiger partial charge in [0.05, 0.1) is 35.1 Å². The molecular formula is C32H29FN4O2. The number of fused-ring (bicyclic) bond motifs is 2. The van der Waals surface area contributed by atoms with Gasteiger partial charge < -0.3 is 20.3 Å². The second-order valence-electron chi connectivity index (χ2n) is 9.92. The van der Waals surface area contributed by atoms with Crippen LogP contribution in [0.2, 0.25) is 0 Å². The van der Waals surface area contributed by atoms with E-state index in [1.165, 1.54) is 12.1 Å². The molecule has 0 saturated carbocycles. The van der Waals surface area contributed by atoms with E-state index in [0.717, 1.165) is 46.4 Å². The first-order valence-electron chi connectivity index (χ1n) is 13.1. The monoisotopic (exact) mass is 520 g/mol. The zero-order chi connectivity index (χ0) is 26.8. The van der Waals surface area contributed by atoms with E-state index in [2.05, 4.69) is 26.3 Å². The van der Waals surface area contributed by atoms with Crippen LogP contribution in [0.25, 0.3) is 22.2 Å². The third-order valence-corrected chi connectivity index (χ3v) is 7.35. The predicted molar refractivity (Wildman–Crippen MR) is 150 cm³/mol. The maximum atomic E-state index is 14.9. The molecule has 3 N–H and O–H groups in total. The molecule has 0 aliphatic heterocycles. The van der Waals surface area contributed by atoms with E-state index < -0.39 is 23.9 Å². The summed E-state index contributed by atoms with van der Waals surface area (Å²) in [6.45, 7) is 2.20. The minimum absolute atomic E-state index is 0.0415. The maximum Gasteiger partial charge on any atom is 0.254 e. The summed E-state index contributed by atoms with van der Waals surface area (Å²) < 4.78 is 17.1. The van der Waals surface area contributed by atoms with Crippen molar-refractivity contribution in [3.05, 3.63) is 125 Å². The average Bonchev–Trinajstić information content (AvgIpc) is 3.51. The standard InChI is InChI=1S/C32H29FN4O2/c33-27-17-23(22-6-2-1-3-7-22)12-13-25(27)32(39)36-31-26-16-21(10-11-24(26)18-30(31)38)19-34-14-15-37-20-35-28-8-4-5-9-29(28)37/h1-13,16-17,20,30-31,34,38H,14-15,18-19H2,(H,36,39)/t30-,31-/m1/s1. The van der Waals surface area contributed by atoms with Gasteiger partial charge in [0.15, 0.2) is 0 Å². The van der Waals surface area contributed by atoms with Crippen LogP contribution < -0.4 is 10.6 Å². The summed E-state index contributed by atoms with van der Waals surface area (Å²) in [7, 11) is 0. The van der Waals surface area contributed by atoms with Crippen molar-refractivity contribution in [3.63, 3.8) is 0 Å². The molecule has 0 bridgehead atoms. The highest BCUT2D eigenvalue weighted by molar-refractivity contribution is 5.95. The Hall–Kier alpha value is -4.33. The molecule has 7 heteroatoms. The van der Waals surface area contributed by atoms with Crippen molar-refractivity contribution < 1.29 is 14.3 Å². The first kappa shape index (κ1) is 25.0. The van der Waals surface area contributed by atoms with Crippen molar-refractivity contribution >= 4 is 16.9 Å². The number of halogens is 1. The zero-order valence-corrected chi connectivity index (χ0v) is 21.3. The van der Waals surface area contributed by atoms with Gasteiger partial charge in [-0.2, -0.15) is 0 Å². The molecule has 1 aliphatic carbocycles. The quantitative estimate of drug-likeness (QED) is 0.251. The van der Waals surface area contributed by atoms with Crippen molar-refractivity contribution in [3.8, 4) is 11.1 Å². The summed E-state index contributed by atoms with van der Waals surface area (Å²) in [4.78, 5) is 17.5. The lowest BCUT2D eigenvalue weighted by Crippen LogP contribution is -2.34. The maximum absolute atomic E-state index is 14.9. The number of imidazole rings is 1. The summed E-state index contributed by atoms with van der Waals surface area (Å²) in [5.74, 6) is -1.13. The van der Waals surface area contributed by atoms with Gasteiger partial charge in [0.1, 0.15) is 5.82 Å². The molecule has 196 valence electrons. The highest BCUT2D eigenvalue weighted by Gasteiger charge is 2.33. The van der Waals surface area contributed by atoms with Crippen molar-refractivity contribution in [1.82, 2.24) is 20.2 Å². The number of carbonyl (C=O) groups is 1. The fourth-order valence-electron chi connectivity index (χ4n) is 5.30. The molecule has 6 nitrogen and oxygen atoms in total. The van der Waals surface area contributed by atoms with Gasteiger partial charge in [-0.05, 0) is 52.1 Å². The van der Waals surface area contributed by atoms with E-state index in [4.69, 9.17) is 0 Å². The summed E-state index contributed by atoms with van der Waals surface area (Å²) in [5.41, 5.74) is 6.54. The zero-order valence-electron chi connectivity index (χ0n) is 21.3. The van der Waals surface area contributed by atoms with E-state index in [0.29, 0.717) is 18.5 Å². The van der Waals surface area contributed by atoms with Crippen molar-refractivity contribution in [1.29, 1.82) is 0 Å². The highest BCUT2D eigenvalue weighted by atomic mass is 19.1. The number of aliphatic hydroxyl groups excluding tert-OH is 1. The summed E-state index contributed by atoms with van der Waals surface area (Å²) in [6.07, 6.45) is 1.53. The minimum atomic E-state index is -0.770. The normalized spacial score (nSPS) is 16.4. The highest BCUT2D eigenvalue weighted by Crippen LogP contribution is 2.33. The lowest BCUT2D eigenvalue weighted by Gasteiger charge is -2.19. The Balaban J connectivity index is 1.11. The molecular weight excluding hydrogens is 491 g/mol. The number of nitrogens with zero attached hydrogens (tertiary/aromatic N) is 2. The third-order valence-electron chi connectivity index (χ3n) is 7.35. The number of amides is 1. The number of para-hydroxylation sites is 2. The van der Waals surface area contributed by atoms with Crippen LogP contribution in [0, 0.1) is 5.82 Å². The summed E-state index contributed by atoms with van der Waals surface area (Å²) in [6, 6.07) is 27.6. The number of benzene rings is 4. The van der Waals surface area contributed by atoms with Crippen molar-refractivity contribution in [2.45, 2.75) is 31.7 Å². The topological polar surface area (TPSA) is 79.2 Å². The van der Waals surface area contributed by atoms with Crippen LogP contribution in [0.1, 0.15) is 33.1 Å². The first-order valence-corrected chi connectivity index (χ1v) is 13.1. The molecule has 2 atom stereocenters. The Bertz CT molecular complexity index is 1630. The lowest BCUT2D eigenvalue weighted by molar-refractivity contribution is 0.0854. The molecule has 0 unspecified atom stereocenters.